The molecular weight excluding hydrogens is 252 g/mol. The summed E-state index contributed by atoms with van der Waals surface area (Å²) in [4.78, 5) is 11.6. The molecule has 0 radical (unpaired) electrons. The maximum atomic E-state index is 11.6. The molecule has 112 valence electrons. The standard InChI is InChI=1S/C16H26N2O2/c1-4-11-7-8-14(16(19)20)15(9-11)18-13(6-3)10-12(5-2)17-18/h10-11,14-15H,4-9H2,1-3H3,(H,19,20). The van der Waals surface area contributed by atoms with Gasteiger partial charge < -0.3 is 5.11 Å². The molecule has 4 heteroatoms. The van der Waals surface area contributed by atoms with Gasteiger partial charge >= 0.3 is 5.97 Å². The highest BCUT2D eigenvalue weighted by Gasteiger charge is 2.36. The number of aryl methyl sites for hydroxylation is 2. The summed E-state index contributed by atoms with van der Waals surface area (Å²) in [6.45, 7) is 6.41. The number of carboxylic acid groups (broad SMARTS) is 1. The molecule has 0 aliphatic heterocycles. The molecule has 0 aromatic carbocycles. The molecule has 3 unspecified atom stereocenters. The lowest BCUT2D eigenvalue weighted by atomic mass is 9.77. The van der Waals surface area contributed by atoms with Crippen molar-refractivity contribution >= 4 is 5.97 Å². The van der Waals surface area contributed by atoms with Crippen LogP contribution in [0.15, 0.2) is 6.07 Å². The van der Waals surface area contributed by atoms with Crippen molar-refractivity contribution in [1.29, 1.82) is 0 Å². The van der Waals surface area contributed by atoms with Crippen LogP contribution in [0.2, 0.25) is 0 Å². The number of carbonyl (C=O) groups is 1. The van der Waals surface area contributed by atoms with Crippen molar-refractivity contribution in [2.45, 2.75) is 65.3 Å². The maximum Gasteiger partial charge on any atom is 0.308 e. The summed E-state index contributed by atoms with van der Waals surface area (Å²) >= 11 is 0. The summed E-state index contributed by atoms with van der Waals surface area (Å²) in [6, 6.07) is 2.16. The Bertz CT molecular complexity index is 467. The van der Waals surface area contributed by atoms with Crippen LogP contribution >= 0.6 is 0 Å². The van der Waals surface area contributed by atoms with Gasteiger partial charge in [-0.05, 0) is 44.1 Å². The average molecular weight is 278 g/mol. The Morgan fingerprint density at radius 2 is 2.10 bits per heavy atom. The van der Waals surface area contributed by atoms with Crippen molar-refractivity contribution in [2.75, 3.05) is 0 Å². The van der Waals surface area contributed by atoms with E-state index in [1.54, 1.807) is 0 Å². The van der Waals surface area contributed by atoms with E-state index in [0.29, 0.717) is 5.92 Å². The Balaban J connectivity index is 2.34. The molecule has 4 nitrogen and oxygen atoms in total. The summed E-state index contributed by atoms with van der Waals surface area (Å²) in [5.41, 5.74) is 2.25. The molecule has 1 aromatic rings. The number of aromatic nitrogens is 2. The molecule has 0 amide bonds. The van der Waals surface area contributed by atoms with Gasteiger partial charge in [0.15, 0.2) is 0 Å². The Morgan fingerprint density at radius 1 is 1.35 bits per heavy atom. The molecule has 2 rings (SSSR count). The molecule has 1 heterocycles. The second-order valence-corrected chi connectivity index (χ2v) is 5.88. The van der Waals surface area contributed by atoms with E-state index in [0.717, 1.165) is 44.2 Å². The molecule has 1 aliphatic carbocycles. The number of nitrogens with zero attached hydrogens (tertiary/aromatic N) is 2. The van der Waals surface area contributed by atoms with Crippen molar-refractivity contribution in [3.05, 3.63) is 17.5 Å². The predicted octanol–water partition coefficient (Wildman–Crippen LogP) is 3.46. The van der Waals surface area contributed by atoms with Gasteiger partial charge in [0.05, 0.1) is 17.7 Å². The number of rotatable bonds is 5. The van der Waals surface area contributed by atoms with E-state index in [4.69, 9.17) is 0 Å². The fourth-order valence-electron chi connectivity index (χ4n) is 3.37. The summed E-state index contributed by atoms with van der Waals surface area (Å²) in [6.07, 6.45) is 5.71. The molecule has 1 N–H and O–H groups in total. The van der Waals surface area contributed by atoms with Crippen LogP contribution < -0.4 is 0 Å². The third-order valence-electron chi connectivity index (χ3n) is 4.72. The highest BCUT2D eigenvalue weighted by atomic mass is 16.4. The largest absolute Gasteiger partial charge is 0.481 e. The molecule has 1 aromatic heterocycles. The van der Waals surface area contributed by atoms with Crippen LogP contribution in [0, 0.1) is 11.8 Å². The molecule has 1 saturated carbocycles. The zero-order valence-corrected chi connectivity index (χ0v) is 12.8. The van der Waals surface area contributed by atoms with Crippen LogP contribution in [0.25, 0.3) is 0 Å². The predicted molar refractivity (Wildman–Crippen MR) is 78.8 cm³/mol. The smallest absolute Gasteiger partial charge is 0.308 e. The highest BCUT2D eigenvalue weighted by molar-refractivity contribution is 5.70. The molecule has 1 fully saturated rings. The van der Waals surface area contributed by atoms with Crippen molar-refractivity contribution in [1.82, 2.24) is 9.78 Å². The number of aliphatic carboxylic acids is 1. The minimum Gasteiger partial charge on any atom is -0.481 e. The lowest BCUT2D eigenvalue weighted by Crippen LogP contribution is -2.34. The zero-order chi connectivity index (χ0) is 14.7. The normalized spacial score (nSPS) is 26.6. The Kier molecular flexibility index (Phi) is 4.84. The van der Waals surface area contributed by atoms with Crippen molar-refractivity contribution in [2.24, 2.45) is 11.8 Å². The first-order valence-electron chi connectivity index (χ1n) is 7.90. The topological polar surface area (TPSA) is 55.1 Å². The molecule has 0 spiro atoms. The van der Waals surface area contributed by atoms with Crippen LogP contribution in [0.1, 0.15) is 63.9 Å². The van der Waals surface area contributed by atoms with Crippen LogP contribution in [-0.4, -0.2) is 20.9 Å². The fraction of sp³-hybridized carbons (Fsp3) is 0.750. The average Bonchev–Trinajstić information content (AvgIpc) is 2.89. The zero-order valence-electron chi connectivity index (χ0n) is 12.8. The summed E-state index contributed by atoms with van der Waals surface area (Å²) in [5.74, 6) is -0.317. The first-order valence-corrected chi connectivity index (χ1v) is 7.90. The highest BCUT2D eigenvalue weighted by Crippen LogP contribution is 2.39. The van der Waals surface area contributed by atoms with Crippen LogP contribution in [0.4, 0.5) is 0 Å². The van der Waals surface area contributed by atoms with E-state index in [-0.39, 0.29) is 12.0 Å². The van der Waals surface area contributed by atoms with Gasteiger partial charge in [0, 0.05) is 5.69 Å². The summed E-state index contributed by atoms with van der Waals surface area (Å²) in [7, 11) is 0. The van der Waals surface area contributed by atoms with Crippen molar-refractivity contribution in [3.63, 3.8) is 0 Å². The van der Waals surface area contributed by atoms with Gasteiger partial charge in [0.25, 0.3) is 0 Å². The van der Waals surface area contributed by atoms with Gasteiger partial charge in [-0.3, -0.25) is 9.48 Å². The molecule has 0 saturated heterocycles. The van der Waals surface area contributed by atoms with Crippen molar-refractivity contribution in [3.8, 4) is 0 Å². The monoisotopic (exact) mass is 278 g/mol. The Morgan fingerprint density at radius 3 is 2.65 bits per heavy atom. The second-order valence-electron chi connectivity index (χ2n) is 5.88. The first-order chi connectivity index (χ1) is 9.60. The Labute approximate surface area is 121 Å². The van der Waals surface area contributed by atoms with E-state index >= 15 is 0 Å². The molecule has 0 bridgehead atoms. The van der Waals surface area contributed by atoms with Gasteiger partial charge in [-0.25, -0.2) is 0 Å². The van der Waals surface area contributed by atoms with Gasteiger partial charge in [-0.1, -0.05) is 27.2 Å². The molecular formula is C16H26N2O2. The van der Waals surface area contributed by atoms with Gasteiger partial charge in [0.1, 0.15) is 0 Å². The van der Waals surface area contributed by atoms with Crippen LogP contribution in [0.5, 0.6) is 0 Å². The van der Waals surface area contributed by atoms with E-state index in [1.165, 1.54) is 5.69 Å². The van der Waals surface area contributed by atoms with E-state index in [1.807, 2.05) is 4.68 Å². The number of hydrogen-bond acceptors (Lipinski definition) is 2. The fourth-order valence-corrected chi connectivity index (χ4v) is 3.37. The molecule has 1 aliphatic rings. The van der Waals surface area contributed by atoms with Crippen LogP contribution in [0.3, 0.4) is 0 Å². The Hall–Kier alpha value is -1.32. The van der Waals surface area contributed by atoms with Crippen molar-refractivity contribution < 1.29 is 9.90 Å². The maximum absolute atomic E-state index is 11.6. The summed E-state index contributed by atoms with van der Waals surface area (Å²) in [5, 5.41) is 14.2. The lowest BCUT2D eigenvalue weighted by molar-refractivity contribution is -0.145. The quantitative estimate of drug-likeness (QED) is 0.897. The van der Waals surface area contributed by atoms with E-state index in [2.05, 4.69) is 31.9 Å². The third kappa shape index (κ3) is 2.89. The molecule has 3 atom stereocenters. The van der Waals surface area contributed by atoms with E-state index < -0.39 is 5.97 Å². The van der Waals surface area contributed by atoms with Gasteiger partial charge in [-0.2, -0.15) is 5.10 Å². The second kappa shape index (κ2) is 6.42. The summed E-state index contributed by atoms with van der Waals surface area (Å²) < 4.78 is 2.03. The van der Waals surface area contributed by atoms with E-state index in [9.17, 15) is 9.90 Å². The number of hydrogen-bond donors (Lipinski definition) is 1. The van der Waals surface area contributed by atoms with Gasteiger partial charge in [0.2, 0.25) is 0 Å². The minimum atomic E-state index is -0.667. The first kappa shape index (κ1) is 15.1. The van der Waals surface area contributed by atoms with Crippen LogP contribution in [-0.2, 0) is 17.6 Å². The third-order valence-corrected chi connectivity index (χ3v) is 4.72. The molecule has 20 heavy (non-hydrogen) atoms. The minimum absolute atomic E-state index is 0.0291. The number of carboxylic acids is 1. The van der Waals surface area contributed by atoms with Gasteiger partial charge in [-0.15, -0.1) is 0 Å². The lowest BCUT2D eigenvalue weighted by Gasteiger charge is -2.34. The SMILES string of the molecule is CCc1cc(CC)n(C2CC(CC)CCC2C(=O)O)n1.